The third-order valence-electron chi connectivity index (χ3n) is 5.52. The lowest BCUT2D eigenvalue weighted by Gasteiger charge is -2.36. The molecule has 2 aliphatic heterocycles. The zero-order valence-corrected chi connectivity index (χ0v) is 18.0. The van der Waals surface area contributed by atoms with Gasteiger partial charge in [-0.3, -0.25) is 9.10 Å². The third-order valence-corrected chi connectivity index (χ3v) is 6.67. The quantitative estimate of drug-likeness (QED) is 0.757. The molecule has 2 aromatic rings. The van der Waals surface area contributed by atoms with Crippen LogP contribution in [0.15, 0.2) is 42.5 Å². The highest BCUT2D eigenvalue weighted by molar-refractivity contribution is 7.92. The molecule has 0 N–H and O–H groups in total. The van der Waals surface area contributed by atoms with Gasteiger partial charge in [-0.1, -0.05) is 45.0 Å². The Balaban J connectivity index is 1.70. The molecule has 0 fully saturated rings. The van der Waals surface area contributed by atoms with Gasteiger partial charge in [-0.25, -0.2) is 8.42 Å². The Bertz CT molecular complexity index is 1070. The van der Waals surface area contributed by atoms with E-state index >= 15 is 0 Å². The summed E-state index contributed by atoms with van der Waals surface area (Å²) < 4.78 is 32.4. The number of rotatable bonds is 2. The second kappa shape index (κ2) is 6.76. The lowest BCUT2D eigenvalue weighted by Crippen LogP contribution is -2.51. The minimum absolute atomic E-state index is 0.0308. The van der Waals surface area contributed by atoms with Crippen LogP contribution in [0.5, 0.6) is 5.75 Å². The van der Waals surface area contributed by atoms with E-state index in [0.717, 1.165) is 23.2 Å². The summed E-state index contributed by atoms with van der Waals surface area (Å²) in [6, 6.07) is 13.3. The SMILES string of the molecule is CC(C)(C)c1ccc2c(c1)N(S(C)(=O)=O)C[C@H](C(=O)N1CCc3ccccc31)O2. The molecule has 0 saturated heterocycles. The molecule has 0 saturated carbocycles. The average Bonchev–Trinajstić information content (AvgIpc) is 3.08. The number of para-hydroxylation sites is 1. The van der Waals surface area contributed by atoms with Gasteiger partial charge >= 0.3 is 0 Å². The van der Waals surface area contributed by atoms with Crippen molar-refractivity contribution in [1.82, 2.24) is 0 Å². The highest BCUT2D eigenvalue weighted by Crippen LogP contribution is 2.39. The summed E-state index contributed by atoms with van der Waals surface area (Å²) in [7, 11) is -3.57. The summed E-state index contributed by atoms with van der Waals surface area (Å²) in [5.74, 6) is 0.203. The van der Waals surface area contributed by atoms with Crippen molar-refractivity contribution in [3.63, 3.8) is 0 Å². The van der Waals surface area contributed by atoms with Gasteiger partial charge < -0.3 is 9.64 Å². The van der Waals surface area contributed by atoms with Gasteiger partial charge in [0.1, 0.15) is 5.75 Å². The van der Waals surface area contributed by atoms with Crippen LogP contribution in [0.3, 0.4) is 0 Å². The standard InChI is InChI=1S/C22H26N2O4S/c1-22(2,3)16-9-10-19-18(13-16)24(29(4,26)27)14-20(28-19)21(25)23-12-11-15-7-5-6-8-17(15)23/h5-10,13,20H,11-12,14H2,1-4H3/t20-/m1/s1. The maximum atomic E-state index is 13.3. The van der Waals surface area contributed by atoms with Crippen LogP contribution in [-0.4, -0.2) is 39.8 Å². The molecule has 0 aliphatic carbocycles. The molecule has 2 aromatic carbocycles. The number of ether oxygens (including phenoxy) is 1. The lowest BCUT2D eigenvalue weighted by molar-refractivity contribution is -0.125. The van der Waals surface area contributed by atoms with E-state index in [2.05, 4.69) is 20.8 Å². The van der Waals surface area contributed by atoms with E-state index < -0.39 is 16.1 Å². The van der Waals surface area contributed by atoms with E-state index in [1.807, 2.05) is 36.4 Å². The van der Waals surface area contributed by atoms with Crippen LogP contribution in [0.1, 0.15) is 31.9 Å². The molecule has 0 bridgehead atoms. The molecule has 7 heteroatoms. The molecule has 0 radical (unpaired) electrons. The van der Waals surface area contributed by atoms with E-state index in [1.54, 1.807) is 11.0 Å². The van der Waals surface area contributed by atoms with Crippen molar-refractivity contribution in [3.05, 3.63) is 53.6 Å². The molecule has 0 aromatic heterocycles. The largest absolute Gasteiger partial charge is 0.476 e. The molecule has 0 spiro atoms. The number of hydrogen-bond acceptors (Lipinski definition) is 4. The first-order valence-electron chi connectivity index (χ1n) is 9.74. The Morgan fingerprint density at radius 2 is 1.83 bits per heavy atom. The van der Waals surface area contributed by atoms with Crippen LogP contribution in [0.25, 0.3) is 0 Å². The monoisotopic (exact) mass is 414 g/mol. The molecule has 6 nitrogen and oxygen atoms in total. The third kappa shape index (κ3) is 3.59. The maximum absolute atomic E-state index is 13.3. The van der Waals surface area contributed by atoms with Crippen molar-refractivity contribution >= 4 is 27.3 Å². The number of carbonyl (C=O) groups is 1. The molecule has 1 amide bonds. The number of anilines is 2. The van der Waals surface area contributed by atoms with Gasteiger partial charge in [-0.15, -0.1) is 0 Å². The summed E-state index contributed by atoms with van der Waals surface area (Å²) >= 11 is 0. The fraction of sp³-hybridized carbons (Fsp3) is 0.409. The van der Waals surface area contributed by atoms with Crippen LogP contribution in [0.2, 0.25) is 0 Å². The Kier molecular flexibility index (Phi) is 4.61. The molecule has 1 atom stereocenters. The minimum atomic E-state index is -3.57. The number of nitrogens with zero attached hydrogens (tertiary/aromatic N) is 2. The van der Waals surface area contributed by atoms with E-state index in [4.69, 9.17) is 4.74 Å². The number of carbonyl (C=O) groups excluding carboxylic acids is 1. The van der Waals surface area contributed by atoms with Crippen LogP contribution in [-0.2, 0) is 26.7 Å². The highest BCUT2D eigenvalue weighted by atomic mass is 32.2. The lowest BCUT2D eigenvalue weighted by atomic mass is 9.86. The van der Waals surface area contributed by atoms with Gasteiger partial charge in [0.2, 0.25) is 10.0 Å². The second-order valence-electron chi connectivity index (χ2n) is 8.70. The van der Waals surface area contributed by atoms with Crippen molar-refractivity contribution in [3.8, 4) is 5.75 Å². The van der Waals surface area contributed by atoms with Crippen molar-refractivity contribution in [2.75, 3.05) is 28.6 Å². The molecule has 2 aliphatic rings. The smallest absolute Gasteiger partial charge is 0.269 e. The van der Waals surface area contributed by atoms with Crippen molar-refractivity contribution in [2.24, 2.45) is 0 Å². The number of hydrogen-bond donors (Lipinski definition) is 0. The predicted molar refractivity (Wildman–Crippen MR) is 114 cm³/mol. The van der Waals surface area contributed by atoms with Crippen LogP contribution >= 0.6 is 0 Å². The van der Waals surface area contributed by atoms with Crippen LogP contribution in [0, 0.1) is 0 Å². The highest BCUT2D eigenvalue weighted by Gasteiger charge is 2.39. The van der Waals surface area contributed by atoms with Crippen molar-refractivity contribution in [2.45, 2.75) is 38.7 Å². The van der Waals surface area contributed by atoms with E-state index in [1.165, 1.54) is 10.6 Å². The zero-order chi connectivity index (χ0) is 21.0. The van der Waals surface area contributed by atoms with E-state index in [-0.39, 0.29) is 17.9 Å². The fourth-order valence-corrected chi connectivity index (χ4v) is 4.81. The first-order chi connectivity index (χ1) is 13.6. The topological polar surface area (TPSA) is 66.9 Å². The van der Waals surface area contributed by atoms with Gasteiger partial charge in [0.25, 0.3) is 5.91 Å². The van der Waals surface area contributed by atoms with Gasteiger partial charge in [-0.2, -0.15) is 0 Å². The van der Waals surface area contributed by atoms with Crippen LogP contribution in [0.4, 0.5) is 11.4 Å². The van der Waals surface area contributed by atoms with Gasteiger partial charge in [0, 0.05) is 12.2 Å². The number of fused-ring (bicyclic) bond motifs is 2. The predicted octanol–water partition coefficient (Wildman–Crippen LogP) is 3.10. The zero-order valence-electron chi connectivity index (χ0n) is 17.2. The molecular weight excluding hydrogens is 388 g/mol. The minimum Gasteiger partial charge on any atom is -0.476 e. The molecule has 4 rings (SSSR count). The number of amides is 1. The first-order valence-corrected chi connectivity index (χ1v) is 11.6. The van der Waals surface area contributed by atoms with Crippen molar-refractivity contribution in [1.29, 1.82) is 0 Å². The second-order valence-corrected chi connectivity index (χ2v) is 10.6. The van der Waals surface area contributed by atoms with E-state index in [9.17, 15) is 13.2 Å². The van der Waals surface area contributed by atoms with Gasteiger partial charge in [-0.05, 0) is 41.2 Å². The summed E-state index contributed by atoms with van der Waals surface area (Å²) in [5, 5.41) is 0. The Hall–Kier alpha value is -2.54. The Labute approximate surface area is 172 Å². The van der Waals surface area contributed by atoms with Gasteiger partial charge in [0.15, 0.2) is 6.10 Å². The van der Waals surface area contributed by atoms with Crippen LogP contribution < -0.4 is 13.9 Å². The Morgan fingerprint density at radius 1 is 1.10 bits per heavy atom. The number of sulfonamides is 1. The summed E-state index contributed by atoms with van der Waals surface area (Å²) in [5.41, 5.74) is 3.36. The van der Waals surface area contributed by atoms with Crippen molar-refractivity contribution < 1.29 is 17.9 Å². The molecule has 154 valence electrons. The normalized spacial score (nSPS) is 18.8. The fourth-order valence-electron chi connectivity index (χ4n) is 3.90. The maximum Gasteiger partial charge on any atom is 0.269 e. The van der Waals surface area contributed by atoms with Gasteiger partial charge in [0.05, 0.1) is 18.5 Å². The molecular formula is C22H26N2O4S. The molecule has 29 heavy (non-hydrogen) atoms. The molecule has 0 unspecified atom stereocenters. The summed E-state index contributed by atoms with van der Waals surface area (Å²) in [6.07, 6.45) is 1.07. The summed E-state index contributed by atoms with van der Waals surface area (Å²) in [6.45, 7) is 6.75. The number of benzene rings is 2. The average molecular weight is 415 g/mol. The van der Waals surface area contributed by atoms with E-state index in [0.29, 0.717) is 18.0 Å². The summed E-state index contributed by atoms with van der Waals surface area (Å²) in [4.78, 5) is 15.0. The Morgan fingerprint density at radius 3 is 2.52 bits per heavy atom. The first kappa shape index (κ1) is 19.8. The molecule has 2 heterocycles.